The van der Waals surface area contributed by atoms with E-state index >= 15 is 0 Å². The van der Waals surface area contributed by atoms with Crippen molar-refractivity contribution in [2.24, 2.45) is 0 Å². The smallest absolute Gasteiger partial charge is 0.174 e. The minimum atomic E-state index is -0.358. The van der Waals surface area contributed by atoms with Gasteiger partial charge in [0.1, 0.15) is 6.61 Å². The fourth-order valence-corrected chi connectivity index (χ4v) is 6.87. The van der Waals surface area contributed by atoms with Gasteiger partial charge in [0.05, 0.1) is 10.2 Å². The van der Waals surface area contributed by atoms with E-state index in [4.69, 9.17) is 21.1 Å². The number of hydrogen-bond acceptors (Lipinski definition) is 5. The Labute approximate surface area is 237 Å². The first kappa shape index (κ1) is 26.3. The molecule has 0 bridgehead atoms. The molecule has 0 unspecified atom stereocenters. The first-order chi connectivity index (χ1) is 17.9. The third kappa shape index (κ3) is 5.07. The van der Waals surface area contributed by atoms with Gasteiger partial charge in [-0.05, 0) is 97.5 Å². The Morgan fingerprint density at radius 2 is 1.62 bits per heavy atom. The lowest BCUT2D eigenvalue weighted by molar-refractivity contribution is -0.117. The van der Waals surface area contributed by atoms with E-state index in [0.717, 1.165) is 69.5 Å². The number of nitrogens with zero attached hydrogens (tertiary/aromatic N) is 1. The van der Waals surface area contributed by atoms with Crippen LogP contribution in [0, 0.1) is 3.57 Å². The molecule has 0 aromatic heterocycles. The summed E-state index contributed by atoms with van der Waals surface area (Å²) in [6.07, 6.45) is 4.50. The van der Waals surface area contributed by atoms with Crippen molar-refractivity contribution in [1.29, 1.82) is 0 Å². The number of ether oxygens (including phenoxy) is 2. The van der Waals surface area contributed by atoms with Gasteiger partial charge in [-0.1, -0.05) is 23.7 Å². The highest BCUT2D eigenvalue weighted by molar-refractivity contribution is 14.1. The molecule has 3 aliphatic rings. The molecule has 7 heteroatoms. The molecule has 2 aliphatic carbocycles. The highest BCUT2D eigenvalue weighted by Gasteiger charge is 2.43. The second-order valence-corrected chi connectivity index (χ2v) is 11.2. The van der Waals surface area contributed by atoms with E-state index in [2.05, 4.69) is 40.5 Å². The molecule has 5 nitrogen and oxygen atoms in total. The summed E-state index contributed by atoms with van der Waals surface area (Å²) in [4.78, 5) is 29.1. The zero-order chi connectivity index (χ0) is 26.1. The highest BCUT2D eigenvalue weighted by Crippen LogP contribution is 2.50. The molecule has 37 heavy (non-hydrogen) atoms. The molecule has 0 fully saturated rings. The van der Waals surface area contributed by atoms with E-state index in [1.165, 1.54) is 0 Å². The molecule has 0 amide bonds. The van der Waals surface area contributed by atoms with Crippen LogP contribution in [-0.2, 0) is 16.2 Å². The van der Waals surface area contributed by atoms with Crippen molar-refractivity contribution in [3.8, 4) is 11.5 Å². The average Bonchev–Trinajstić information content (AvgIpc) is 2.87. The number of Topliss-reactive ketones (excluding diaryl/α,β-unsaturated/α-hetero) is 2. The maximum Gasteiger partial charge on any atom is 0.174 e. The second kappa shape index (κ2) is 11.2. The van der Waals surface area contributed by atoms with Crippen LogP contribution in [0.5, 0.6) is 11.5 Å². The number of halogens is 2. The van der Waals surface area contributed by atoms with E-state index < -0.39 is 0 Å². The minimum Gasteiger partial charge on any atom is -0.490 e. The third-order valence-electron chi connectivity index (χ3n) is 7.34. The van der Waals surface area contributed by atoms with Crippen LogP contribution >= 0.6 is 34.2 Å². The summed E-state index contributed by atoms with van der Waals surface area (Å²) in [5.74, 6) is 1.24. The van der Waals surface area contributed by atoms with Crippen molar-refractivity contribution in [3.63, 3.8) is 0 Å². The Bertz CT molecular complexity index is 1270. The normalized spacial score (nSPS) is 18.2. The van der Waals surface area contributed by atoms with Gasteiger partial charge in [-0.2, -0.15) is 0 Å². The minimum absolute atomic E-state index is 0.156. The van der Waals surface area contributed by atoms with Crippen molar-refractivity contribution < 1.29 is 19.1 Å². The maximum atomic E-state index is 13.4. The summed E-state index contributed by atoms with van der Waals surface area (Å²) in [7, 11) is 0. The quantitative estimate of drug-likeness (QED) is 0.299. The molecule has 0 radical (unpaired) electrons. The van der Waals surface area contributed by atoms with Gasteiger partial charge in [-0.25, -0.2) is 0 Å². The van der Waals surface area contributed by atoms with Gasteiger partial charge in [-0.15, -0.1) is 0 Å². The fraction of sp³-hybridized carbons (Fsp3) is 0.400. The van der Waals surface area contributed by atoms with Crippen LogP contribution in [-0.4, -0.2) is 29.6 Å². The predicted octanol–water partition coefficient (Wildman–Crippen LogP) is 7.36. The number of benzene rings is 2. The molecule has 194 valence electrons. The summed E-state index contributed by atoms with van der Waals surface area (Å²) in [5.41, 5.74) is 5.69. The van der Waals surface area contributed by atoms with E-state index in [1.807, 2.05) is 37.3 Å². The van der Waals surface area contributed by atoms with Crippen LogP contribution in [0.2, 0.25) is 5.02 Å². The van der Waals surface area contributed by atoms with Gasteiger partial charge in [0.25, 0.3) is 0 Å². The first-order valence-electron chi connectivity index (χ1n) is 13.1. The summed E-state index contributed by atoms with van der Waals surface area (Å²) >= 11 is 8.42. The highest BCUT2D eigenvalue weighted by atomic mass is 127. The first-order valence-corrected chi connectivity index (χ1v) is 14.5. The van der Waals surface area contributed by atoms with Crippen LogP contribution in [0.1, 0.15) is 69.4 Å². The Morgan fingerprint density at radius 3 is 2.22 bits per heavy atom. The van der Waals surface area contributed by atoms with Crippen LogP contribution in [0.15, 0.2) is 58.9 Å². The summed E-state index contributed by atoms with van der Waals surface area (Å²) < 4.78 is 13.2. The van der Waals surface area contributed by atoms with Crippen molar-refractivity contribution >= 4 is 45.8 Å². The number of hydrogen-bond donors (Lipinski definition) is 0. The predicted molar refractivity (Wildman–Crippen MR) is 153 cm³/mol. The molecule has 2 aromatic carbocycles. The number of ketones is 2. The third-order valence-corrected chi connectivity index (χ3v) is 8.38. The van der Waals surface area contributed by atoms with Gasteiger partial charge in [0.2, 0.25) is 0 Å². The Morgan fingerprint density at radius 1 is 0.946 bits per heavy atom. The lowest BCUT2D eigenvalue weighted by Gasteiger charge is -2.43. The lowest BCUT2D eigenvalue weighted by Crippen LogP contribution is -2.39. The standard InChI is InChI=1S/C30H31ClINO4/c1-3-33-22-10-6-12-24(34)28(22)27(29-23(33)11-7-13-25(29)35)19-15-21(32)30(26(16-19)36-4-2)37-17-18-8-5-9-20(31)14-18/h5,8-9,14-16,27H,3-4,6-7,10-13,17H2,1-2H3. The molecule has 0 N–H and O–H groups in total. The van der Waals surface area contributed by atoms with Crippen LogP contribution in [0.3, 0.4) is 0 Å². The van der Waals surface area contributed by atoms with E-state index in [0.29, 0.717) is 42.6 Å². The molecule has 1 heterocycles. The van der Waals surface area contributed by atoms with Gasteiger partial charge in [-0.3, -0.25) is 9.59 Å². The monoisotopic (exact) mass is 631 g/mol. The molecule has 5 rings (SSSR count). The maximum absolute atomic E-state index is 13.4. The van der Waals surface area contributed by atoms with Gasteiger partial charge in [0, 0.05) is 52.9 Å². The molecule has 2 aromatic rings. The number of allylic oxidation sites excluding steroid dienone is 4. The largest absolute Gasteiger partial charge is 0.490 e. The molecule has 0 saturated carbocycles. The summed E-state index contributed by atoms with van der Waals surface area (Å²) in [6.45, 7) is 5.64. The van der Waals surface area contributed by atoms with Crippen molar-refractivity contribution in [1.82, 2.24) is 4.90 Å². The Hall–Kier alpha value is -2.32. The zero-order valence-electron chi connectivity index (χ0n) is 21.2. The van der Waals surface area contributed by atoms with E-state index in [9.17, 15) is 9.59 Å². The number of carbonyl (C=O) groups excluding carboxylic acids is 2. The van der Waals surface area contributed by atoms with Crippen LogP contribution in [0.4, 0.5) is 0 Å². The van der Waals surface area contributed by atoms with E-state index in [-0.39, 0.29) is 17.5 Å². The average molecular weight is 632 g/mol. The molecular weight excluding hydrogens is 601 g/mol. The van der Waals surface area contributed by atoms with Gasteiger partial charge >= 0.3 is 0 Å². The molecule has 0 spiro atoms. The molecule has 1 aliphatic heterocycles. The fourth-order valence-electron chi connectivity index (χ4n) is 5.87. The van der Waals surface area contributed by atoms with Crippen molar-refractivity contribution in [3.05, 3.63) is 78.7 Å². The van der Waals surface area contributed by atoms with Gasteiger partial charge < -0.3 is 14.4 Å². The molecular formula is C30H31ClINO4. The molecule has 0 atom stereocenters. The Balaban J connectivity index is 1.61. The van der Waals surface area contributed by atoms with Gasteiger partial charge in [0.15, 0.2) is 23.1 Å². The zero-order valence-corrected chi connectivity index (χ0v) is 24.2. The summed E-state index contributed by atoms with van der Waals surface area (Å²) in [5, 5.41) is 0.664. The van der Waals surface area contributed by atoms with E-state index in [1.54, 1.807) is 0 Å². The SMILES string of the molecule is CCOc1cc(C2C3=C(CCCC3=O)N(CC)C3=C2C(=O)CCC3)cc(I)c1OCc1cccc(Cl)c1. The van der Waals surface area contributed by atoms with Crippen molar-refractivity contribution in [2.45, 2.75) is 64.9 Å². The summed E-state index contributed by atoms with van der Waals surface area (Å²) in [6, 6.07) is 11.6. The molecule has 0 saturated heterocycles. The van der Waals surface area contributed by atoms with Crippen LogP contribution in [0.25, 0.3) is 0 Å². The lowest BCUT2D eigenvalue weighted by atomic mass is 9.71. The number of carbonyl (C=O) groups is 2. The topological polar surface area (TPSA) is 55.8 Å². The van der Waals surface area contributed by atoms with Crippen molar-refractivity contribution in [2.75, 3.05) is 13.2 Å². The second-order valence-electron chi connectivity index (χ2n) is 9.63. The Kier molecular flexibility index (Phi) is 7.96. The van der Waals surface area contributed by atoms with Crippen LogP contribution < -0.4 is 9.47 Å². The number of rotatable bonds is 7.